The predicted octanol–water partition coefficient (Wildman–Crippen LogP) is 3.38. The van der Waals surface area contributed by atoms with Crippen molar-refractivity contribution < 1.29 is 0 Å². The molecule has 2 atom stereocenters. The second-order valence-electron chi connectivity index (χ2n) is 6.65. The fraction of sp³-hybridized carbons (Fsp3) is 0.667. The van der Waals surface area contributed by atoms with E-state index >= 15 is 0 Å². The standard InChI is InChI=1S/C18H28N2/c1-16-14-19(15-17-8-4-2-5-9-17)13-10-18(16)20-11-6-3-7-12-20/h2,4-5,8-9,16,18H,3,6-7,10-15H2,1H3. The van der Waals surface area contributed by atoms with Gasteiger partial charge < -0.3 is 4.90 Å². The lowest BCUT2D eigenvalue weighted by Gasteiger charge is -2.44. The molecule has 0 bridgehead atoms. The number of hydrogen-bond donors (Lipinski definition) is 0. The summed E-state index contributed by atoms with van der Waals surface area (Å²) in [6, 6.07) is 11.7. The van der Waals surface area contributed by atoms with E-state index in [4.69, 9.17) is 0 Å². The smallest absolute Gasteiger partial charge is 0.0233 e. The third-order valence-electron chi connectivity index (χ3n) is 5.05. The SMILES string of the molecule is CC1CN(Cc2ccccc2)CCC1N1CCCCC1. The molecule has 2 aliphatic rings. The van der Waals surface area contributed by atoms with E-state index in [0.29, 0.717) is 0 Å². The van der Waals surface area contributed by atoms with Gasteiger partial charge >= 0.3 is 0 Å². The molecule has 0 radical (unpaired) electrons. The molecule has 0 aromatic heterocycles. The van der Waals surface area contributed by atoms with E-state index in [2.05, 4.69) is 47.1 Å². The predicted molar refractivity (Wildman–Crippen MR) is 84.7 cm³/mol. The lowest BCUT2D eigenvalue weighted by atomic mass is 9.90. The van der Waals surface area contributed by atoms with Gasteiger partial charge in [0.15, 0.2) is 0 Å². The van der Waals surface area contributed by atoms with Crippen LogP contribution in [-0.4, -0.2) is 42.0 Å². The molecule has 2 unspecified atom stereocenters. The van der Waals surface area contributed by atoms with Crippen LogP contribution in [-0.2, 0) is 6.54 Å². The second kappa shape index (κ2) is 6.73. The molecule has 0 saturated carbocycles. The van der Waals surface area contributed by atoms with Gasteiger partial charge in [-0.25, -0.2) is 0 Å². The van der Waals surface area contributed by atoms with Crippen LogP contribution in [0, 0.1) is 5.92 Å². The van der Waals surface area contributed by atoms with Crippen LogP contribution >= 0.6 is 0 Å². The van der Waals surface area contributed by atoms with Crippen molar-refractivity contribution in [1.82, 2.24) is 9.80 Å². The lowest BCUT2D eigenvalue weighted by Crippen LogP contribution is -2.51. The Morgan fingerprint density at radius 2 is 1.75 bits per heavy atom. The van der Waals surface area contributed by atoms with Crippen molar-refractivity contribution in [2.24, 2.45) is 5.92 Å². The van der Waals surface area contributed by atoms with Crippen LogP contribution in [0.1, 0.15) is 38.2 Å². The molecule has 2 heteroatoms. The molecule has 2 nitrogen and oxygen atoms in total. The first kappa shape index (κ1) is 14.1. The number of rotatable bonds is 3. The average molecular weight is 272 g/mol. The Morgan fingerprint density at radius 3 is 2.45 bits per heavy atom. The Labute approximate surface area is 123 Å². The molecule has 0 amide bonds. The molecular weight excluding hydrogens is 244 g/mol. The van der Waals surface area contributed by atoms with E-state index < -0.39 is 0 Å². The first-order valence-corrected chi connectivity index (χ1v) is 8.33. The first-order valence-electron chi connectivity index (χ1n) is 8.33. The monoisotopic (exact) mass is 272 g/mol. The molecule has 2 fully saturated rings. The molecule has 20 heavy (non-hydrogen) atoms. The highest BCUT2D eigenvalue weighted by Crippen LogP contribution is 2.25. The van der Waals surface area contributed by atoms with Gasteiger partial charge in [0.2, 0.25) is 0 Å². The van der Waals surface area contributed by atoms with Gasteiger partial charge in [0.05, 0.1) is 0 Å². The van der Waals surface area contributed by atoms with Crippen molar-refractivity contribution in [3.05, 3.63) is 35.9 Å². The van der Waals surface area contributed by atoms with Crippen molar-refractivity contribution in [1.29, 1.82) is 0 Å². The molecule has 2 aliphatic heterocycles. The number of piperidine rings is 2. The summed E-state index contributed by atoms with van der Waals surface area (Å²) in [4.78, 5) is 5.41. The quantitative estimate of drug-likeness (QED) is 0.832. The largest absolute Gasteiger partial charge is 0.300 e. The van der Waals surface area contributed by atoms with Crippen LogP contribution in [0.4, 0.5) is 0 Å². The molecule has 3 rings (SSSR count). The van der Waals surface area contributed by atoms with Crippen molar-refractivity contribution in [2.45, 2.75) is 45.2 Å². The average Bonchev–Trinajstić information content (AvgIpc) is 2.49. The zero-order valence-corrected chi connectivity index (χ0v) is 12.8. The highest BCUT2D eigenvalue weighted by atomic mass is 15.2. The first-order chi connectivity index (χ1) is 9.83. The fourth-order valence-electron chi connectivity index (χ4n) is 4.00. The van der Waals surface area contributed by atoms with E-state index in [1.54, 1.807) is 0 Å². The molecule has 2 saturated heterocycles. The molecule has 1 aromatic carbocycles. The third-order valence-corrected chi connectivity index (χ3v) is 5.05. The molecule has 0 spiro atoms. The second-order valence-corrected chi connectivity index (χ2v) is 6.65. The molecular formula is C18H28N2. The van der Waals surface area contributed by atoms with E-state index in [-0.39, 0.29) is 0 Å². The topological polar surface area (TPSA) is 6.48 Å². The van der Waals surface area contributed by atoms with Crippen LogP contribution in [0.2, 0.25) is 0 Å². The Balaban J connectivity index is 1.53. The van der Waals surface area contributed by atoms with Crippen molar-refractivity contribution in [3.63, 3.8) is 0 Å². The summed E-state index contributed by atoms with van der Waals surface area (Å²) >= 11 is 0. The van der Waals surface area contributed by atoms with Gasteiger partial charge in [0, 0.05) is 19.1 Å². The van der Waals surface area contributed by atoms with Crippen LogP contribution in [0.15, 0.2) is 30.3 Å². The number of likely N-dealkylation sites (tertiary alicyclic amines) is 2. The highest BCUT2D eigenvalue weighted by Gasteiger charge is 2.30. The van der Waals surface area contributed by atoms with Gasteiger partial charge in [-0.1, -0.05) is 43.7 Å². The van der Waals surface area contributed by atoms with Crippen molar-refractivity contribution in [3.8, 4) is 0 Å². The third kappa shape index (κ3) is 3.42. The van der Waals surface area contributed by atoms with E-state index in [1.807, 2.05) is 0 Å². The summed E-state index contributed by atoms with van der Waals surface area (Å²) in [5, 5.41) is 0. The van der Waals surface area contributed by atoms with Crippen LogP contribution < -0.4 is 0 Å². The fourth-order valence-corrected chi connectivity index (χ4v) is 4.00. The normalized spacial score (nSPS) is 29.4. The van der Waals surface area contributed by atoms with Gasteiger partial charge in [-0.15, -0.1) is 0 Å². The number of hydrogen-bond acceptors (Lipinski definition) is 2. The minimum Gasteiger partial charge on any atom is -0.300 e. The summed E-state index contributed by atoms with van der Waals surface area (Å²) in [6.07, 6.45) is 5.62. The summed E-state index contributed by atoms with van der Waals surface area (Å²) < 4.78 is 0. The Bertz CT molecular complexity index is 397. The molecule has 0 N–H and O–H groups in total. The van der Waals surface area contributed by atoms with Gasteiger partial charge in [-0.3, -0.25) is 4.90 Å². The summed E-state index contributed by atoms with van der Waals surface area (Å²) in [5.74, 6) is 0.811. The lowest BCUT2D eigenvalue weighted by molar-refractivity contribution is 0.0490. The molecule has 0 aliphatic carbocycles. The Kier molecular flexibility index (Phi) is 4.74. The minimum atomic E-state index is 0.811. The highest BCUT2D eigenvalue weighted by molar-refractivity contribution is 5.14. The zero-order valence-electron chi connectivity index (χ0n) is 12.8. The van der Waals surface area contributed by atoms with Crippen molar-refractivity contribution in [2.75, 3.05) is 26.2 Å². The summed E-state index contributed by atoms with van der Waals surface area (Å²) in [6.45, 7) is 8.78. The van der Waals surface area contributed by atoms with Crippen LogP contribution in [0.3, 0.4) is 0 Å². The van der Waals surface area contributed by atoms with Gasteiger partial charge in [-0.2, -0.15) is 0 Å². The number of benzene rings is 1. The Morgan fingerprint density at radius 1 is 1.00 bits per heavy atom. The Hall–Kier alpha value is -0.860. The molecule has 110 valence electrons. The maximum Gasteiger partial charge on any atom is 0.0233 e. The summed E-state index contributed by atoms with van der Waals surface area (Å²) in [5.41, 5.74) is 1.45. The van der Waals surface area contributed by atoms with Crippen LogP contribution in [0.25, 0.3) is 0 Å². The van der Waals surface area contributed by atoms with E-state index in [0.717, 1.165) is 18.5 Å². The van der Waals surface area contributed by atoms with Gasteiger partial charge in [0.1, 0.15) is 0 Å². The van der Waals surface area contributed by atoms with E-state index in [9.17, 15) is 0 Å². The van der Waals surface area contributed by atoms with Crippen LogP contribution in [0.5, 0.6) is 0 Å². The van der Waals surface area contributed by atoms with Gasteiger partial charge in [0.25, 0.3) is 0 Å². The maximum atomic E-state index is 2.77. The van der Waals surface area contributed by atoms with E-state index in [1.165, 1.54) is 57.4 Å². The van der Waals surface area contributed by atoms with Crippen molar-refractivity contribution >= 4 is 0 Å². The zero-order chi connectivity index (χ0) is 13.8. The number of nitrogens with zero attached hydrogens (tertiary/aromatic N) is 2. The summed E-state index contributed by atoms with van der Waals surface area (Å²) in [7, 11) is 0. The van der Waals surface area contributed by atoms with Gasteiger partial charge in [-0.05, 0) is 50.4 Å². The maximum absolute atomic E-state index is 2.77. The minimum absolute atomic E-state index is 0.811. The molecule has 1 aromatic rings. The molecule has 2 heterocycles.